The second-order valence-corrected chi connectivity index (χ2v) is 9.14. The van der Waals surface area contributed by atoms with Crippen molar-refractivity contribution in [3.63, 3.8) is 0 Å². The molecule has 0 fully saturated rings. The number of methoxy groups -OCH3 is 1. The van der Waals surface area contributed by atoms with E-state index in [1.54, 1.807) is 13.2 Å². The molecule has 0 radical (unpaired) electrons. The second-order valence-electron chi connectivity index (χ2n) is 9.14. The summed E-state index contributed by atoms with van der Waals surface area (Å²) in [6.45, 7) is 0.833. The predicted octanol–water partition coefficient (Wildman–Crippen LogP) is 5.82. The zero-order valence-electron chi connectivity index (χ0n) is 20.8. The van der Waals surface area contributed by atoms with Crippen molar-refractivity contribution in [3.8, 4) is 11.5 Å². The lowest BCUT2D eigenvalue weighted by molar-refractivity contribution is -0.116. The number of amides is 1. The third kappa shape index (κ3) is 7.36. The molecule has 0 saturated heterocycles. The maximum atomic E-state index is 12.5. The van der Waals surface area contributed by atoms with E-state index in [1.165, 1.54) is 11.1 Å². The number of anilines is 1. The molecule has 4 aromatic rings. The lowest BCUT2D eigenvalue weighted by Crippen LogP contribution is -2.31. The maximum Gasteiger partial charge on any atom is 0.224 e. The zero-order valence-corrected chi connectivity index (χ0v) is 20.8. The number of aryl methyl sites for hydroxylation is 1. The van der Waals surface area contributed by atoms with E-state index in [-0.39, 0.29) is 11.7 Å². The summed E-state index contributed by atoms with van der Waals surface area (Å²) in [6.07, 6.45) is 7.12. The molecule has 1 aromatic heterocycles. The van der Waals surface area contributed by atoms with E-state index in [1.807, 2.05) is 48.7 Å². The Bertz CT molecular complexity index is 1240. The molecule has 0 saturated carbocycles. The first-order chi connectivity index (χ1) is 17.6. The van der Waals surface area contributed by atoms with E-state index in [9.17, 15) is 9.90 Å². The second kappa shape index (κ2) is 12.8. The number of ether oxygens (including phenoxy) is 1. The first-order valence-electron chi connectivity index (χ1n) is 12.6. The summed E-state index contributed by atoms with van der Waals surface area (Å²) >= 11 is 0. The molecular formula is C30H35N3O3. The van der Waals surface area contributed by atoms with Crippen molar-refractivity contribution in [2.24, 2.45) is 0 Å². The van der Waals surface area contributed by atoms with Gasteiger partial charge in [-0.1, -0.05) is 30.3 Å². The van der Waals surface area contributed by atoms with Gasteiger partial charge in [-0.05, 0) is 92.2 Å². The summed E-state index contributed by atoms with van der Waals surface area (Å²) in [5.41, 5.74) is 4.33. The fourth-order valence-electron chi connectivity index (χ4n) is 4.53. The highest BCUT2D eigenvalue weighted by atomic mass is 16.5. The summed E-state index contributed by atoms with van der Waals surface area (Å²) in [7, 11) is 1.63. The van der Waals surface area contributed by atoms with Crippen molar-refractivity contribution in [1.29, 1.82) is 0 Å². The van der Waals surface area contributed by atoms with Crippen LogP contribution in [0.4, 0.5) is 5.69 Å². The number of rotatable bonds is 13. The van der Waals surface area contributed by atoms with Crippen LogP contribution < -0.4 is 15.4 Å². The van der Waals surface area contributed by atoms with Crippen LogP contribution in [0.5, 0.6) is 11.5 Å². The monoisotopic (exact) mass is 485 g/mol. The van der Waals surface area contributed by atoms with Gasteiger partial charge in [-0.15, -0.1) is 0 Å². The van der Waals surface area contributed by atoms with Gasteiger partial charge in [-0.2, -0.15) is 0 Å². The lowest BCUT2D eigenvalue weighted by Gasteiger charge is -2.19. The molecule has 0 spiro atoms. The number of phenols is 1. The van der Waals surface area contributed by atoms with Crippen LogP contribution in [-0.2, 0) is 17.6 Å². The van der Waals surface area contributed by atoms with Crippen molar-refractivity contribution >= 4 is 22.5 Å². The molecule has 1 amide bonds. The van der Waals surface area contributed by atoms with Crippen LogP contribution in [0.3, 0.4) is 0 Å². The van der Waals surface area contributed by atoms with E-state index in [0.29, 0.717) is 12.5 Å². The number of phenolic OH excluding ortho intramolecular Hbond substituents is 1. The van der Waals surface area contributed by atoms with E-state index >= 15 is 0 Å². The third-order valence-corrected chi connectivity index (χ3v) is 6.53. The SMILES string of the molecule is COc1ccc(NC(=O)CCCC(CCc2ccccc2)NCCc2c[nH]c3ccc(O)cc23)cc1. The van der Waals surface area contributed by atoms with Crippen LogP contribution >= 0.6 is 0 Å². The number of aromatic hydroxyl groups is 1. The molecule has 36 heavy (non-hydrogen) atoms. The molecule has 0 aliphatic heterocycles. The van der Waals surface area contributed by atoms with Crippen molar-refractivity contribution in [2.75, 3.05) is 19.0 Å². The summed E-state index contributed by atoms with van der Waals surface area (Å²) in [5.74, 6) is 1.08. The van der Waals surface area contributed by atoms with Gasteiger partial charge in [0.05, 0.1) is 7.11 Å². The molecule has 188 valence electrons. The number of benzene rings is 3. The number of carbonyl (C=O) groups excluding carboxylic acids is 1. The van der Waals surface area contributed by atoms with Gasteiger partial charge in [-0.25, -0.2) is 0 Å². The molecule has 3 aromatic carbocycles. The summed E-state index contributed by atoms with van der Waals surface area (Å²) in [5, 5.41) is 17.6. The number of H-pyrrole nitrogens is 1. The Balaban J connectivity index is 1.28. The number of nitrogens with one attached hydrogen (secondary N) is 3. The van der Waals surface area contributed by atoms with Gasteiger partial charge < -0.3 is 25.5 Å². The van der Waals surface area contributed by atoms with Gasteiger partial charge in [-0.3, -0.25) is 4.79 Å². The highest BCUT2D eigenvalue weighted by molar-refractivity contribution is 5.90. The van der Waals surface area contributed by atoms with Gasteiger partial charge in [0.15, 0.2) is 0 Å². The Hall–Kier alpha value is -3.77. The number of hydrogen-bond acceptors (Lipinski definition) is 4. The summed E-state index contributed by atoms with van der Waals surface area (Å²) in [6, 6.07) is 23.6. The Morgan fingerprint density at radius 2 is 1.81 bits per heavy atom. The summed E-state index contributed by atoms with van der Waals surface area (Å²) < 4.78 is 5.17. The van der Waals surface area contributed by atoms with Crippen LogP contribution in [0.1, 0.15) is 36.8 Å². The zero-order chi connectivity index (χ0) is 25.2. The molecule has 6 heteroatoms. The van der Waals surface area contributed by atoms with Gasteiger partial charge >= 0.3 is 0 Å². The van der Waals surface area contributed by atoms with E-state index in [0.717, 1.165) is 61.0 Å². The van der Waals surface area contributed by atoms with E-state index in [4.69, 9.17) is 4.74 Å². The van der Waals surface area contributed by atoms with E-state index in [2.05, 4.69) is 39.9 Å². The number of hydrogen-bond donors (Lipinski definition) is 4. The molecule has 1 heterocycles. The molecule has 0 aliphatic carbocycles. The molecular weight excluding hydrogens is 450 g/mol. The van der Waals surface area contributed by atoms with Crippen molar-refractivity contribution < 1.29 is 14.6 Å². The Morgan fingerprint density at radius 3 is 2.58 bits per heavy atom. The third-order valence-electron chi connectivity index (χ3n) is 6.53. The smallest absolute Gasteiger partial charge is 0.224 e. The normalized spacial score (nSPS) is 11.9. The van der Waals surface area contributed by atoms with Crippen LogP contribution in [0.2, 0.25) is 0 Å². The van der Waals surface area contributed by atoms with Crippen molar-refractivity contribution in [3.05, 3.63) is 90.1 Å². The highest BCUT2D eigenvalue weighted by Gasteiger charge is 2.12. The first-order valence-corrected chi connectivity index (χ1v) is 12.6. The number of aromatic amines is 1. The van der Waals surface area contributed by atoms with E-state index < -0.39 is 0 Å². The molecule has 1 unspecified atom stereocenters. The Kier molecular flexibility index (Phi) is 9.00. The minimum atomic E-state index is 0.0283. The number of aromatic nitrogens is 1. The highest BCUT2D eigenvalue weighted by Crippen LogP contribution is 2.23. The fourth-order valence-corrected chi connectivity index (χ4v) is 4.53. The Morgan fingerprint density at radius 1 is 1.00 bits per heavy atom. The summed E-state index contributed by atoms with van der Waals surface area (Å²) in [4.78, 5) is 15.7. The standard InChI is InChI=1S/C30H35N3O3/c1-36-27-15-12-25(13-16-27)33-30(35)9-5-8-24(11-10-22-6-3-2-4-7-22)31-19-18-23-21-32-29-17-14-26(34)20-28(23)29/h2-4,6-7,12-17,20-21,24,31-32,34H,5,8-11,18-19H2,1H3,(H,33,35). The van der Waals surface area contributed by atoms with Gasteiger partial charge in [0.1, 0.15) is 11.5 Å². The fraction of sp³-hybridized carbons (Fsp3) is 0.300. The molecule has 1 atom stereocenters. The van der Waals surface area contributed by atoms with Crippen molar-refractivity contribution in [1.82, 2.24) is 10.3 Å². The molecule has 0 aliphatic rings. The van der Waals surface area contributed by atoms with Crippen LogP contribution in [0.15, 0.2) is 79.0 Å². The van der Waals surface area contributed by atoms with Gasteiger partial charge in [0.2, 0.25) is 5.91 Å². The number of carbonyl (C=O) groups is 1. The van der Waals surface area contributed by atoms with Crippen LogP contribution in [0.25, 0.3) is 10.9 Å². The van der Waals surface area contributed by atoms with Crippen LogP contribution in [0, 0.1) is 0 Å². The topological polar surface area (TPSA) is 86.4 Å². The predicted molar refractivity (Wildman–Crippen MR) is 146 cm³/mol. The van der Waals surface area contributed by atoms with Gasteiger partial charge in [0.25, 0.3) is 0 Å². The largest absolute Gasteiger partial charge is 0.508 e. The average molecular weight is 486 g/mol. The average Bonchev–Trinajstić information content (AvgIpc) is 3.30. The molecule has 4 rings (SSSR count). The molecule has 0 bridgehead atoms. The quantitative estimate of drug-likeness (QED) is 0.192. The van der Waals surface area contributed by atoms with Gasteiger partial charge in [0, 0.05) is 35.2 Å². The Labute approximate surface area is 212 Å². The minimum absolute atomic E-state index is 0.0283. The maximum absolute atomic E-state index is 12.5. The lowest BCUT2D eigenvalue weighted by atomic mass is 10.00. The van der Waals surface area contributed by atoms with Crippen LogP contribution in [-0.4, -0.2) is 35.7 Å². The first kappa shape index (κ1) is 25.3. The number of fused-ring (bicyclic) bond motifs is 1. The minimum Gasteiger partial charge on any atom is -0.508 e. The molecule has 6 nitrogen and oxygen atoms in total. The van der Waals surface area contributed by atoms with Crippen molar-refractivity contribution in [2.45, 2.75) is 44.6 Å². The molecule has 4 N–H and O–H groups in total.